The molecule has 0 fully saturated rings. The highest BCUT2D eigenvalue weighted by molar-refractivity contribution is 6.31. The lowest BCUT2D eigenvalue weighted by Gasteiger charge is -2.31. The Hall–Kier alpha value is -2.60. The molecule has 0 spiro atoms. The van der Waals surface area contributed by atoms with Crippen LogP contribution >= 0.6 is 11.6 Å². The number of hydrogen-bond donors (Lipinski definition) is 1. The fourth-order valence-electron chi connectivity index (χ4n) is 3.13. The Morgan fingerprint density at radius 1 is 1.03 bits per heavy atom. The van der Waals surface area contributed by atoms with Gasteiger partial charge in [-0.15, -0.1) is 0 Å². The van der Waals surface area contributed by atoms with Crippen LogP contribution in [-0.4, -0.2) is 40.1 Å². The van der Waals surface area contributed by atoms with Crippen molar-refractivity contribution in [3.05, 3.63) is 52.8 Å². The summed E-state index contributed by atoms with van der Waals surface area (Å²) < 4.78 is 20.4. The minimum Gasteiger partial charge on any atom is -0.479 e. The molecule has 0 heterocycles. The predicted octanol–water partition coefficient (Wildman–Crippen LogP) is 5.26. The van der Waals surface area contributed by atoms with Crippen LogP contribution in [0.1, 0.15) is 45.0 Å². The standard InChI is InChI=1S/C22H25ClFNO4/c1-12(2)25(13(3)4)21(26)17-8-6-15(10-19(17)24)18-11-16(23)7-9-20(18)29-14(5)22(27)28/h6-14H,1-5H3,(H,27,28). The van der Waals surface area contributed by atoms with Gasteiger partial charge in [0.05, 0.1) is 5.56 Å². The van der Waals surface area contributed by atoms with E-state index in [9.17, 15) is 14.0 Å². The van der Waals surface area contributed by atoms with Crippen LogP contribution in [0.4, 0.5) is 4.39 Å². The number of carbonyl (C=O) groups is 2. The molecule has 156 valence electrons. The maximum atomic E-state index is 14.9. The van der Waals surface area contributed by atoms with Crippen LogP contribution < -0.4 is 4.74 Å². The van der Waals surface area contributed by atoms with E-state index in [0.29, 0.717) is 16.1 Å². The third kappa shape index (κ3) is 5.26. The van der Waals surface area contributed by atoms with Crippen LogP contribution in [0.25, 0.3) is 11.1 Å². The second-order valence-electron chi connectivity index (χ2n) is 7.33. The third-order valence-electron chi connectivity index (χ3n) is 4.45. The van der Waals surface area contributed by atoms with Crippen molar-refractivity contribution in [2.24, 2.45) is 0 Å². The molecule has 0 aliphatic carbocycles. The van der Waals surface area contributed by atoms with Gasteiger partial charge in [-0.3, -0.25) is 4.79 Å². The fraction of sp³-hybridized carbons (Fsp3) is 0.364. The Morgan fingerprint density at radius 2 is 1.66 bits per heavy atom. The third-order valence-corrected chi connectivity index (χ3v) is 4.69. The molecule has 2 aromatic rings. The molecule has 1 amide bonds. The van der Waals surface area contributed by atoms with Crippen LogP contribution in [0.5, 0.6) is 5.75 Å². The largest absolute Gasteiger partial charge is 0.479 e. The molecule has 0 radical (unpaired) electrons. The molecule has 2 rings (SSSR count). The predicted molar refractivity (Wildman–Crippen MR) is 111 cm³/mol. The molecule has 1 atom stereocenters. The van der Waals surface area contributed by atoms with Crippen molar-refractivity contribution in [3.63, 3.8) is 0 Å². The minimum atomic E-state index is -1.12. The second kappa shape index (κ2) is 9.27. The van der Waals surface area contributed by atoms with E-state index >= 15 is 0 Å². The SMILES string of the molecule is CC(Oc1ccc(Cl)cc1-c1ccc(C(=O)N(C(C)C)C(C)C)c(F)c1)C(=O)O. The average Bonchev–Trinajstić information content (AvgIpc) is 2.62. The summed E-state index contributed by atoms with van der Waals surface area (Å²) in [5, 5.41) is 9.48. The monoisotopic (exact) mass is 421 g/mol. The molecule has 0 saturated heterocycles. The van der Waals surface area contributed by atoms with Gasteiger partial charge in [0.25, 0.3) is 5.91 Å². The van der Waals surface area contributed by atoms with E-state index in [4.69, 9.17) is 21.4 Å². The number of carbonyl (C=O) groups excluding carboxylic acids is 1. The first-order chi connectivity index (χ1) is 13.5. The summed E-state index contributed by atoms with van der Waals surface area (Å²) in [6.07, 6.45) is -1.09. The van der Waals surface area contributed by atoms with E-state index in [1.54, 1.807) is 23.1 Å². The first-order valence-electron chi connectivity index (χ1n) is 9.34. The van der Waals surface area contributed by atoms with Crippen molar-refractivity contribution in [1.82, 2.24) is 4.90 Å². The molecule has 0 saturated carbocycles. The summed E-state index contributed by atoms with van der Waals surface area (Å²) >= 11 is 6.07. The van der Waals surface area contributed by atoms with Crippen molar-refractivity contribution < 1.29 is 23.8 Å². The summed E-state index contributed by atoms with van der Waals surface area (Å²) in [6, 6.07) is 8.76. The van der Waals surface area contributed by atoms with Crippen LogP contribution in [0, 0.1) is 5.82 Å². The van der Waals surface area contributed by atoms with Gasteiger partial charge in [-0.05, 0) is 70.5 Å². The van der Waals surface area contributed by atoms with Crippen LogP contribution in [0.3, 0.4) is 0 Å². The number of benzene rings is 2. The normalized spacial score (nSPS) is 12.2. The Morgan fingerprint density at radius 3 is 2.17 bits per heavy atom. The van der Waals surface area contributed by atoms with Gasteiger partial charge in [0.1, 0.15) is 11.6 Å². The van der Waals surface area contributed by atoms with Crippen LogP contribution in [-0.2, 0) is 4.79 Å². The fourth-order valence-corrected chi connectivity index (χ4v) is 3.30. The first-order valence-corrected chi connectivity index (χ1v) is 9.72. The zero-order chi connectivity index (χ0) is 21.9. The van der Waals surface area contributed by atoms with Crippen LogP contribution in [0.2, 0.25) is 5.02 Å². The van der Waals surface area contributed by atoms with E-state index in [1.807, 2.05) is 27.7 Å². The van der Waals surface area contributed by atoms with Crippen molar-refractivity contribution in [2.75, 3.05) is 0 Å². The quantitative estimate of drug-likeness (QED) is 0.662. The lowest BCUT2D eigenvalue weighted by molar-refractivity contribution is -0.144. The van der Waals surface area contributed by atoms with E-state index in [0.717, 1.165) is 0 Å². The van der Waals surface area contributed by atoms with E-state index in [-0.39, 0.29) is 29.3 Å². The molecule has 0 aliphatic heterocycles. The first kappa shape index (κ1) is 22.7. The number of carboxylic acids is 1. The molecule has 7 heteroatoms. The van der Waals surface area contributed by atoms with Gasteiger partial charge in [-0.1, -0.05) is 17.7 Å². The number of rotatable bonds is 7. The number of ether oxygens (including phenoxy) is 1. The average molecular weight is 422 g/mol. The summed E-state index contributed by atoms with van der Waals surface area (Å²) in [5.74, 6) is -1.92. The maximum Gasteiger partial charge on any atom is 0.344 e. The highest BCUT2D eigenvalue weighted by atomic mass is 35.5. The zero-order valence-electron chi connectivity index (χ0n) is 17.1. The number of amides is 1. The summed E-state index contributed by atoms with van der Waals surface area (Å²) in [5.41, 5.74) is 0.836. The smallest absolute Gasteiger partial charge is 0.344 e. The number of halogens is 2. The van der Waals surface area contributed by atoms with Crippen LogP contribution in [0.15, 0.2) is 36.4 Å². The van der Waals surface area contributed by atoms with Crippen molar-refractivity contribution >= 4 is 23.5 Å². The summed E-state index contributed by atoms with van der Waals surface area (Å²) in [4.78, 5) is 25.5. The molecule has 29 heavy (non-hydrogen) atoms. The second-order valence-corrected chi connectivity index (χ2v) is 7.77. The maximum absolute atomic E-state index is 14.9. The highest BCUT2D eigenvalue weighted by Crippen LogP contribution is 2.34. The molecule has 1 N–H and O–H groups in total. The molecule has 1 unspecified atom stereocenters. The van der Waals surface area contributed by atoms with Crippen molar-refractivity contribution in [3.8, 4) is 16.9 Å². The highest BCUT2D eigenvalue weighted by Gasteiger charge is 2.25. The topological polar surface area (TPSA) is 66.8 Å². The lowest BCUT2D eigenvalue weighted by Crippen LogP contribution is -2.42. The summed E-state index contributed by atoms with van der Waals surface area (Å²) in [6.45, 7) is 8.91. The molecular weight excluding hydrogens is 397 g/mol. The van der Waals surface area contributed by atoms with E-state index in [1.165, 1.54) is 25.1 Å². The van der Waals surface area contributed by atoms with Gasteiger partial charge in [0, 0.05) is 22.7 Å². The minimum absolute atomic E-state index is 0.0282. The van der Waals surface area contributed by atoms with Crippen molar-refractivity contribution in [2.45, 2.75) is 52.8 Å². The Balaban J connectivity index is 2.46. The van der Waals surface area contributed by atoms with Gasteiger partial charge in [-0.25, -0.2) is 9.18 Å². The van der Waals surface area contributed by atoms with Gasteiger partial charge >= 0.3 is 5.97 Å². The molecule has 0 aromatic heterocycles. The van der Waals surface area contributed by atoms with Gasteiger partial charge in [0.2, 0.25) is 0 Å². The van der Waals surface area contributed by atoms with E-state index in [2.05, 4.69) is 0 Å². The molecule has 2 aromatic carbocycles. The number of aliphatic carboxylic acids is 1. The Kier molecular flexibility index (Phi) is 7.25. The Labute approximate surface area is 175 Å². The Bertz CT molecular complexity index is 906. The van der Waals surface area contributed by atoms with Crippen molar-refractivity contribution in [1.29, 1.82) is 0 Å². The van der Waals surface area contributed by atoms with Gasteiger partial charge < -0.3 is 14.7 Å². The molecule has 0 bridgehead atoms. The number of carboxylic acid groups (broad SMARTS) is 1. The zero-order valence-corrected chi connectivity index (χ0v) is 17.8. The number of nitrogens with zero attached hydrogens (tertiary/aromatic N) is 1. The number of hydrogen-bond acceptors (Lipinski definition) is 3. The molecular formula is C22H25ClFNO4. The molecule has 5 nitrogen and oxygen atoms in total. The van der Waals surface area contributed by atoms with Gasteiger partial charge in [-0.2, -0.15) is 0 Å². The van der Waals surface area contributed by atoms with Gasteiger partial charge in [0.15, 0.2) is 6.10 Å². The lowest BCUT2D eigenvalue weighted by atomic mass is 10.0. The summed E-state index contributed by atoms with van der Waals surface area (Å²) in [7, 11) is 0. The van der Waals surface area contributed by atoms with E-state index < -0.39 is 17.9 Å². The molecule has 0 aliphatic rings.